The van der Waals surface area contributed by atoms with Crippen LogP contribution in [-0.2, 0) is 0 Å². The molecule has 0 aliphatic rings. The van der Waals surface area contributed by atoms with Gasteiger partial charge in [-0.2, -0.15) is 0 Å². The Morgan fingerprint density at radius 3 is 2.44 bits per heavy atom. The van der Waals surface area contributed by atoms with Crippen LogP contribution in [-0.4, -0.2) is 0 Å². The fourth-order valence-corrected chi connectivity index (χ4v) is 3.14. The van der Waals surface area contributed by atoms with E-state index >= 15 is 0 Å². The van der Waals surface area contributed by atoms with E-state index in [0.29, 0.717) is 5.92 Å². The van der Waals surface area contributed by atoms with Crippen molar-refractivity contribution in [3.8, 4) is 11.1 Å². The van der Waals surface area contributed by atoms with E-state index in [1.54, 1.807) is 0 Å². The highest BCUT2D eigenvalue weighted by molar-refractivity contribution is 7.17. The molecule has 0 aliphatic heterocycles. The summed E-state index contributed by atoms with van der Waals surface area (Å²) in [6.07, 6.45) is 0. The van der Waals surface area contributed by atoms with Crippen LogP contribution in [0.5, 0.6) is 0 Å². The largest absolute Gasteiger partial charge is 0.144 e. The number of hydrogen-bond acceptors (Lipinski definition) is 1. The van der Waals surface area contributed by atoms with Gasteiger partial charge in [-0.3, -0.25) is 0 Å². The van der Waals surface area contributed by atoms with Crippen molar-refractivity contribution < 1.29 is 0 Å². The van der Waals surface area contributed by atoms with Crippen molar-refractivity contribution in [2.75, 3.05) is 0 Å². The number of benzene rings is 2. The third-order valence-corrected chi connectivity index (χ3v) is 4.21. The lowest BCUT2D eigenvalue weighted by atomic mass is 9.95. The maximum Gasteiger partial charge on any atom is 0.0351 e. The van der Waals surface area contributed by atoms with Crippen LogP contribution in [0.15, 0.2) is 53.9 Å². The van der Waals surface area contributed by atoms with E-state index in [9.17, 15) is 0 Å². The molecule has 2 aromatic carbocycles. The molecule has 1 heteroatoms. The Kier molecular flexibility index (Phi) is 2.92. The van der Waals surface area contributed by atoms with Gasteiger partial charge in [-0.05, 0) is 40.1 Å². The molecule has 0 nitrogen and oxygen atoms in total. The zero-order valence-corrected chi connectivity index (χ0v) is 11.5. The Morgan fingerprint density at radius 2 is 1.72 bits per heavy atom. The van der Waals surface area contributed by atoms with E-state index in [2.05, 4.69) is 67.8 Å². The van der Waals surface area contributed by atoms with Crippen molar-refractivity contribution >= 4 is 21.4 Å². The molecule has 0 fully saturated rings. The molecule has 3 aromatic rings. The summed E-state index contributed by atoms with van der Waals surface area (Å²) in [5.41, 5.74) is 4.09. The van der Waals surface area contributed by atoms with Crippen molar-refractivity contribution in [1.29, 1.82) is 0 Å². The number of rotatable bonds is 2. The normalized spacial score (nSPS) is 11.3. The average molecular weight is 252 g/mol. The molecule has 90 valence electrons. The highest BCUT2D eigenvalue weighted by Gasteiger charge is 2.09. The first-order valence-electron chi connectivity index (χ1n) is 6.32. The van der Waals surface area contributed by atoms with Gasteiger partial charge in [-0.1, -0.05) is 50.2 Å². The van der Waals surface area contributed by atoms with E-state index in [1.165, 1.54) is 26.8 Å². The first-order valence-corrected chi connectivity index (χ1v) is 7.20. The lowest BCUT2D eigenvalue weighted by molar-refractivity contribution is 0.869. The van der Waals surface area contributed by atoms with E-state index < -0.39 is 0 Å². The summed E-state index contributed by atoms with van der Waals surface area (Å²) in [7, 11) is 0. The van der Waals surface area contributed by atoms with Crippen LogP contribution in [0.4, 0.5) is 0 Å². The molecule has 0 atom stereocenters. The van der Waals surface area contributed by atoms with Crippen molar-refractivity contribution in [1.82, 2.24) is 0 Å². The smallest absolute Gasteiger partial charge is 0.0351 e. The van der Waals surface area contributed by atoms with Gasteiger partial charge in [0.2, 0.25) is 0 Å². The van der Waals surface area contributed by atoms with Gasteiger partial charge in [-0.25, -0.2) is 0 Å². The molecular formula is C17H16S. The van der Waals surface area contributed by atoms with Crippen LogP contribution in [0.1, 0.15) is 25.3 Å². The van der Waals surface area contributed by atoms with Crippen LogP contribution in [0.3, 0.4) is 0 Å². The van der Waals surface area contributed by atoms with Gasteiger partial charge in [0.25, 0.3) is 0 Å². The van der Waals surface area contributed by atoms with E-state index in [4.69, 9.17) is 0 Å². The lowest BCUT2D eigenvalue weighted by Gasteiger charge is -2.10. The molecule has 0 saturated heterocycles. The quantitative estimate of drug-likeness (QED) is 0.549. The van der Waals surface area contributed by atoms with Crippen molar-refractivity contribution in [3.05, 3.63) is 59.5 Å². The molecule has 0 aliphatic carbocycles. The first-order chi connectivity index (χ1) is 8.75. The molecule has 0 spiro atoms. The van der Waals surface area contributed by atoms with Crippen LogP contribution in [0, 0.1) is 0 Å². The molecule has 0 N–H and O–H groups in total. The van der Waals surface area contributed by atoms with E-state index in [1.807, 2.05) is 11.3 Å². The molecule has 0 unspecified atom stereocenters. The molecule has 0 radical (unpaired) electrons. The standard InChI is InChI=1S/C17H16S/c1-12(2)14-10-16(13-6-4-3-5-7-13)15-8-9-18-17(15)11-14/h3-12H,1-2H3. The topological polar surface area (TPSA) is 0 Å². The van der Waals surface area contributed by atoms with Gasteiger partial charge >= 0.3 is 0 Å². The number of hydrogen-bond donors (Lipinski definition) is 0. The van der Waals surface area contributed by atoms with Crippen molar-refractivity contribution in [3.63, 3.8) is 0 Å². The third kappa shape index (κ3) is 1.95. The van der Waals surface area contributed by atoms with Gasteiger partial charge in [0.05, 0.1) is 0 Å². The van der Waals surface area contributed by atoms with Crippen molar-refractivity contribution in [2.45, 2.75) is 19.8 Å². The summed E-state index contributed by atoms with van der Waals surface area (Å²) in [4.78, 5) is 0. The fourth-order valence-electron chi connectivity index (χ4n) is 2.28. The average Bonchev–Trinajstić information content (AvgIpc) is 2.86. The van der Waals surface area contributed by atoms with E-state index in [-0.39, 0.29) is 0 Å². The maximum absolute atomic E-state index is 2.34. The Morgan fingerprint density at radius 1 is 0.944 bits per heavy atom. The van der Waals surface area contributed by atoms with Crippen LogP contribution < -0.4 is 0 Å². The minimum atomic E-state index is 0.568. The van der Waals surface area contributed by atoms with Gasteiger partial charge in [-0.15, -0.1) is 11.3 Å². The predicted molar refractivity (Wildman–Crippen MR) is 81.4 cm³/mol. The predicted octanol–water partition coefficient (Wildman–Crippen LogP) is 5.69. The van der Waals surface area contributed by atoms with E-state index in [0.717, 1.165) is 0 Å². The molecule has 0 bridgehead atoms. The Bertz CT molecular complexity index is 662. The fraction of sp³-hybridized carbons (Fsp3) is 0.176. The zero-order chi connectivity index (χ0) is 12.5. The molecule has 18 heavy (non-hydrogen) atoms. The summed E-state index contributed by atoms with van der Waals surface area (Å²) in [6.45, 7) is 4.51. The zero-order valence-electron chi connectivity index (χ0n) is 10.7. The number of thiophene rings is 1. The minimum absolute atomic E-state index is 0.568. The summed E-state index contributed by atoms with van der Waals surface area (Å²) >= 11 is 1.83. The number of fused-ring (bicyclic) bond motifs is 1. The van der Waals surface area contributed by atoms with Gasteiger partial charge in [0.15, 0.2) is 0 Å². The summed E-state index contributed by atoms with van der Waals surface area (Å²) in [5.74, 6) is 0.568. The lowest BCUT2D eigenvalue weighted by Crippen LogP contribution is -1.88. The summed E-state index contributed by atoms with van der Waals surface area (Å²) < 4.78 is 1.39. The molecular weight excluding hydrogens is 236 g/mol. The van der Waals surface area contributed by atoms with Crippen molar-refractivity contribution in [2.24, 2.45) is 0 Å². The van der Waals surface area contributed by atoms with Gasteiger partial charge in [0, 0.05) is 10.1 Å². The second kappa shape index (κ2) is 4.58. The molecule has 1 heterocycles. The van der Waals surface area contributed by atoms with Crippen LogP contribution >= 0.6 is 11.3 Å². The molecule has 1 aromatic heterocycles. The highest BCUT2D eigenvalue weighted by atomic mass is 32.1. The van der Waals surface area contributed by atoms with Crippen LogP contribution in [0.2, 0.25) is 0 Å². The second-order valence-electron chi connectivity index (χ2n) is 4.92. The molecule has 3 rings (SSSR count). The van der Waals surface area contributed by atoms with Crippen LogP contribution in [0.25, 0.3) is 21.2 Å². The Hall–Kier alpha value is -1.60. The first kappa shape index (κ1) is 11.5. The second-order valence-corrected chi connectivity index (χ2v) is 5.87. The maximum atomic E-state index is 2.34. The molecule has 0 saturated carbocycles. The SMILES string of the molecule is CC(C)c1cc(-c2ccccc2)c2ccsc2c1. The Labute approximate surface area is 112 Å². The third-order valence-electron chi connectivity index (χ3n) is 3.35. The Balaban J connectivity index is 2.29. The minimum Gasteiger partial charge on any atom is -0.144 e. The summed E-state index contributed by atoms with van der Waals surface area (Å²) in [5, 5.41) is 3.55. The van der Waals surface area contributed by atoms with Gasteiger partial charge in [0.1, 0.15) is 0 Å². The monoisotopic (exact) mass is 252 g/mol. The van der Waals surface area contributed by atoms with Gasteiger partial charge < -0.3 is 0 Å². The molecule has 0 amide bonds. The summed E-state index contributed by atoms with van der Waals surface area (Å²) in [6, 6.07) is 17.6. The highest BCUT2D eigenvalue weighted by Crippen LogP contribution is 2.35.